The molecule has 0 spiro atoms. The maximum absolute atomic E-state index is 11.9. The van der Waals surface area contributed by atoms with Crippen LogP contribution in [-0.2, 0) is 0 Å². The molecule has 0 aromatic heterocycles. The number of nitrogens with one attached hydrogen (secondary N) is 1. The van der Waals surface area contributed by atoms with Gasteiger partial charge in [-0.05, 0) is 28.7 Å². The monoisotopic (exact) mass is 390 g/mol. The molecule has 0 atom stereocenters. The molecular formula is C12H11IN2O3S. The van der Waals surface area contributed by atoms with Gasteiger partial charge in [0.15, 0.2) is 0 Å². The minimum atomic E-state index is -0.518. The van der Waals surface area contributed by atoms with Crippen molar-refractivity contribution in [1.82, 2.24) is 5.32 Å². The zero-order chi connectivity index (χ0) is 14.3. The average molecular weight is 390 g/mol. The number of carbonyl (C=O) groups is 1. The first-order valence-electron chi connectivity index (χ1n) is 5.29. The van der Waals surface area contributed by atoms with Crippen LogP contribution in [0.15, 0.2) is 18.2 Å². The zero-order valence-electron chi connectivity index (χ0n) is 9.89. The van der Waals surface area contributed by atoms with Crippen LogP contribution in [-0.4, -0.2) is 28.9 Å². The van der Waals surface area contributed by atoms with Crippen molar-refractivity contribution in [2.24, 2.45) is 0 Å². The highest BCUT2D eigenvalue weighted by molar-refractivity contribution is 14.1. The van der Waals surface area contributed by atoms with E-state index in [9.17, 15) is 14.9 Å². The van der Waals surface area contributed by atoms with Crippen LogP contribution in [0, 0.1) is 26.0 Å². The lowest BCUT2D eigenvalue weighted by atomic mass is 10.2. The quantitative estimate of drug-likeness (QED) is 0.266. The number of carbonyl (C=O) groups excluding carboxylic acids is 1. The third kappa shape index (κ3) is 5.08. The molecule has 1 aromatic rings. The number of benzene rings is 1. The van der Waals surface area contributed by atoms with Gasteiger partial charge in [-0.2, -0.15) is 0 Å². The third-order valence-electron chi connectivity index (χ3n) is 2.12. The van der Waals surface area contributed by atoms with Crippen LogP contribution in [0.3, 0.4) is 0 Å². The van der Waals surface area contributed by atoms with Crippen LogP contribution in [0.25, 0.3) is 0 Å². The Hall–Kier alpha value is -1.27. The topological polar surface area (TPSA) is 72.2 Å². The molecule has 0 fully saturated rings. The molecule has 1 rings (SSSR count). The van der Waals surface area contributed by atoms with Gasteiger partial charge in [0.1, 0.15) is 0 Å². The maximum Gasteiger partial charge on any atom is 0.270 e. The fourth-order valence-corrected chi connectivity index (χ4v) is 2.35. The van der Waals surface area contributed by atoms with Gasteiger partial charge in [0.25, 0.3) is 11.6 Å². The summed E-state index contributed by atoms with van der Waals surface area (Å²) in [7, 11) is 0. The predicted octanol–water partition coefficient (Wildman–Crippen LogP) is 2.30. The molecule has 0 aliphatic heterocycles. The number of hydrogen-bond donors (Lipinski definition) is 1. The second-order valence-corrected chi connectivity index (χ2v) is 5.70. The fraction of sp³-hybridized carbons (Fsp3) is 0.250. The Morgan fingerprint density at radius 2 is 2.32 bits per heavy atom. The normalized spacial score (nSPS) is 9.68. The van der Waals surface area contributed by atoms with Crippen LogP contribution in [0.1, 0.15) is 10.4 Å². The molecule has 1 aromatic carbocycles. The molecule has 0 saturated heterocycles. The molecule has 5 nitrogen and oxygen atoms in total. The van der Waals surface area contributed by atoms with Crippen molar-refractivity contribution >= 4 is 45.9 Å². The largest absolute Gasteiger partial charge is 0.351 e. The molecule has 0 saturated carbocycles. The fourth-order valence-electron chi connectivity index (χ4n) is 1.26. The Morgan fingerprint density at radius 1 is 1.58 bits per heavy atom. The van der Waals surface area contributed by atoms with Gasteiger partial charge in [0.2, 0.25) is 0 Å². The number of nitrogens with zero attached hydrogens (tertiary/aromatic N) is 1. The van der Waals surface area contributed by atoms with E-state index in [-0.39, 0.29) is 11.6 Å². The molecule has 0 unspecified atom stereocenters. The highest BCUT2D eigenvalue weighted by Crippen LogP contribution is 2.19. The van der Waals surface area contributed by atoms with Crippen LogP contribution in [0.2, 0.25) is 0 Å². The number of nitro groups is 1. The van der Waals surface area contributed by atoms with E-state index in [1.807, 2.05) is 22.6 Å². The molecule has 0 radical (unpaired) electrons. The Kier molecular flexibility index (Phi) is 6.66. The van der Waals surface area contributed by atoms with E-state index in [0.717, 1.165) is 0 Å². The van der Waals surface area contributed by atoms with Gasteiger partial charge in [-0.15, -0.1) is 18.2 Å². The number of nitro benzene ring substituents is 1. The number of hydrogen-bond acceptors (Lipinski definition) is 4. The van der Waals surface area contributed by atoms with E-state index in [1.165, 1.54) is 12.1 Å². The van der Waals surface area contributed by atoms with Gasteiger partial charge in [-0.25, -0.2) is 0 Å². The van der Waals surface area contributed by atoms with Crippen molar-refractivity contribution in [2.75, 3.05) is 18.1 Å². The van der Waals surface area contributed by atoms with Gasteiger partial charge in [0.05, 0.1) is 16.2 Å². The van der Waals surface area contributed by atoms with Crippen LogP contribution < -0.4 is 5.32 Å². The summed E-state index contributed by atoms with van der Waals surface area (Å²) < 4.78 is 0.678. The summed E-state index contributed by atoms with van der Waals surface area (Å²) in [6.07, 6.45) is 5.10. The number of rotatable bonds is 6. The summed E-state index contributed by atoms with van der Waals surface area (Å²) in [6.45, 7) is 0.476. The van der Waals surface area contributed by atoms with Crippen molar-refractivity contribution < 1.29 is 9.72 Å². The summed E-state index contributed by atoms with van der Waals surface area (Å²) in [6, 6.07) is 4.22. The van der Waals surface area contributed by atoms with Gasteiger partial charge in [-0.3, -0.25) is 14.9 Å². The number of terminal acetylenes is 1. The Bertz CT molecular complexity index is 528. The van der Waals surface area contributed by atoms with Crippen molar-refractivity contribution in [1.29, 1.82) is 0 Å². The van der Waals surface area contributed by atoms with Crippen molar-refractivity contribution in [2.45, 2.75) is 0 Å². The second-order valence-electron chi connectivity index (χ2n) is 3.43. The van der Waals surface area contributed by atoms with E-state index in [0.29, 0.717) is 27.2 Å². The summed E-state index contributed by atoms with van der Waals surface area (Å²) >= 11 is 3.52. The molecule has 1 amide bonds. The minimum Gasteiger partial charge on any atom is -0.351 e. The van der Waals surface area contributed by atoms with E-state index in [4.69, 9.17) is 6.42 Å². The van der Waals surface area contributed by atoms with Gasteiger partial charge < -0.3 is 5.32 Å². The molecule has 0 aliphatic rings. The standard InChI is InChI=1S/C12H11IN2O3S/c1-2-6-19-7-5-14-12(16)10-8-9(15(17)18)3-4-11(10)13/h1,3-4,8H,5-7H2,(H,14,16). The summed E-state index contributed by atoms with van der Waals surface area (Å²) in [5.41, 5.74) is 0.226. The van der Waals surface area contributed by atoms with E-state index in [2.05, 4.69) is 11.2 Å². The molecular weight excluding hydrogens is 379 g/mol. The van der Waals surface area contributed by atoms with E-state index in [1.54, 1.807) is 17.8 Å². The number of non-ortho nitro benzene ring substituents is 1. The van der Waals surface area contributed by atoms with Crippen molar-refractivity contribution in [3.8, 4) is 12.3 Å². The predicted molar refractivity (Wildman–Crippen MR) is 84.3 cm³/mol. The molecule has 1 N–H and O–H groups in total. The second kappa shape index (κ2) is 8.01. The molecule has 0 bridgehead atoms. The third-order valence-corrected chi connectivity index (χ3v) is 3.93. The Labute approximate surface area is 128 Å². The highest BCUT2D eigenvalue weighted by Gasteiger charge is 2.14. The molecule has 0 aliphatic carbocycles. The van der Waals surface area contributed by atoms with Gasteiger partial charge in [-0.1, -0.05) is 5.92 Å². The number of halogens is 1. The Morgan fingerprint density at radius 3 is 2.95 bits per heavy atom. The smallest absolute Gasteiger partial charge is 0.270 e. The van der Waals surface area contributed by atoms with E-state index >= 15 is 0 Å². The number of amides is 1. The lowest BCUT2D eigenvalue weighted by Crippen LogP contribution is -2.26. The SMILES string of the molecule is C#CCSCCNC(=O)c1cc([N+](=O)[O-])ccc1I. The van der Waals surface area contributed by atoms with Crippen molar-refractivity contribution in [3.05, 3.63) is 37.4 Å². The molecule has 100 valence electrons. The van der Waals surface area contributed by atoms with Gasteiger partial charge >= 0.3 is 0 Å². The lowest BCUT2D eigenvalue weighted by molar-refractivity contribution is -0.384. The lowest BCUT2D eigenvalue weighted by Gasteiger charge is -2.06. The van der Waals surface area contributed by atoms with Crippen LogP contribution in [0.5, 0.6) is 0 Å². The van der Waals surface area contributed by atoms with Crippen LogP contribution in [0.4, 0.5) is 5.69 Å². The zero-order valence-corrected chi connectivity index (χ0v) is 12.9. The first-order chi connectivity index (χ1) is 9.06. The number of thioether (sulfide) groups is 1. The summed E-state index contributed by atoms with van der Waals surface area (Å²) in [5.74, 6) is 3.49. The first-order valence-corrected chi connectivity index (χ1v) is 7.53. The minimum absolute atomic E-state index is 0.0905. The average Bonchev–Trinajstić information content (AvgIpc) is 2.38. The summed E-state index contributed by atoms with van der Waals surface area (Å²) in [4.78, 5) is 22.0. The van der Waals surface area contributed by atoms with Crippen molar-refractivity contribution in [3.63, 3.8) is 0 Å². The first kappa shape index (κ1) is 15.8. The van der Waals surface area contributed by atoms with E-state index < -0.39 is 4.92 Å². The Balaban J connectivity index is 2.64. The molecule has 7 heteroatoms. The molecule has 19 heavy (non-hydrogen) atoms. The summed E-state index contributed by atoms with van der Waals surface area (Å²) in [5, 5.41) is 13.4. The highest BCUT2D eigenvalue weighted by atomic mass is 127. The maximum atomic E-state index is 11.9. The van der Waals surface area contributed by atoms with Gasteiger partial charge in [0, 0.05) is 28.0 Å². The molecule has 0 heterocycles. The van der Waals surface area contributed by atoms with Crippen LogP contribution >= 0.6 is 34.4 Å².